The molecule has 0 spiro atoms. The van der Waals surface area contributed by atoms with Crippen LogP contribution in [0, 0.1) is 0 Å². The summed E-state index contributed by atoms with van der Waals surface area (Å²) in [5.41, 5.74) is 1.25. The van der Waals surface area contributed by atoms with Gasteiger partial charge in [-0.3, -0.25) is 0 Å². The Labute approximate surface area is 141 Å². The molecular formula is C18H20ClNOS. The Morgan fingerprint density at radius 2 is 1.91 bits per heavy atom. The summed E-state index contributed by atoms with van der Waals surface area (Å²) < 4.78 is 6.34. The molecule has 0 aliphatic rings. The first-order chi connectivity index (χ1) is 10.4. The third-order valence-corrected chi connectivity index (χ3v) is 4.29. The monoisotopic (exact) mass is 333 g/mol. The van der Waals surface area contributed by atoms with E-state index in [9.17, 15) is 0 Å². The quantitative estimate of drug-likeness (QED) is 0.681. The molecule has 0 amide bonds. The van der Waals surface area contributed by atoms with Crippen molar-refractivity contribution in [1.29, 1.82) is 0 Å². The lowest BCUT2D eigenvalue weighted by atomic mass is 10.1. The van der Waals surface area contributed by atoms with Crippen LogP contribution in [0.3, 0.4) is 0 Å². The predicted octanol–water partition coefficient (Wildman–Crippen LogP) is 5.05. The number of fused-ring (bicyclic) bond motifs is 1. The van der Waals surface area contributed by atoms with Gasteiger partial charge in [0.05, 0.1) is 0 Å². The summed E-state index contributed by atoms with van der Waals surface area (Å²) in [7, 11) is 1.97. The largest absolute Gasteiger partial charge is 0.485 e. The van der Waals surface area contributed by atoms with Crippen molar-refractivity contribution in [3.05, 3.63) is 64.9 Å². The molecule has 0 aliphatic heterocycles. The fourth-order valence-corrected chi connectivity index (χ4v) is 3.18. The van der Waals surface area contributed by atoms with Gasteiger partial charge in [-0.1, -0.05) is 36.4 Å². The first-order valence-corrected chi connectivity index (χ1v) is 8.14. The van der Waals surface area contributed by atoms with Gasteiger partial charge >= 0.3 is 0 Å². The van der Waals surface area contributed by atoms with Crippen molar-refractivity contribution in [1.82, 2.24) is 5.32 Å². The zero-order valence-corrected chi connectivity index (χ0v) is 14.1. The SMILES string of the molecule is CNCC[C@H](Oc1cccc2ccccc12)c1ccsc1.Cl. The van der Waals surface area contributed by atoms with Gasteiger partial charge in [-0.15, -0.1) is 12.4 Å². The van der Waals surface area contributed by atoms with Gasteiger partial charge in [0.2, 0.25) is 0 Å². The second-order valence-electron chi connectivity index (χ2n) is 5.03. The van der Waals surface area contributed by atoms with Crippen LogP contribution < -0.4 is 10.1 Å². The first-order valence-electron chi connectivity index (χ1n) is 7.19. The van der Waals surface area contributed by atoms with Gasteiger partial charge in [-0.05, 0) is 41.9 Å². The highest BCUT2D eigenvalue weighted by Crippen LogP contribution is 2.31. The normalized spacial score (nSPS) is 11.9. The van der Waals surface area contributed by atoms with E-state index in [-0.39, 0.29) is 18.5 Å². The molecule has 0 saturated carbocycles. The van der Waals surface area contributed by atoms with Crippen molar-refractivity contribution >= 4 is 34.5 Å². The Kier molecular flexibility index (Phi) is 6.25. The van der Waals surface area contributed by atoms with E-state index in [2.05, 4.69) is 64.6 Å². The Balaban J connectivity index is 0.00000176. The van der Waals surface area contributed by atoms with Gasteiger partial charge in [-0.25, -0.2) is 0 Å². The number of ether oxygens (including phenoxy) is 1. The second-order valence-corrected chi connectivity index (χ2v) is 5.81. The fourth-order valence-electron chi connectivity index (χ4n) is 2.48. The van der Waals surface area contributed by atoms with Crippen LogP contribution in [0.5, 0.6) is 5.75 Å². The molecule has 116 valence electrons. The smallest absolute Gasteiger partial charge is 0.128 e. The topological polar surface area (TPSA) is 21.3 Å². The van der Waals surface area contributed by atoms with Crippen LogP contribution in [0.1, 0.15) is 18.1 Å². The molecule has 0 aliphatic carbocycles. The molecule has 1 atom stereocenters. The van der Waals surface area contributed by atoms with Crippen LogP contribution in [0.25, 0.3) is 10.8 Å². The number of benzene rings is 2. The predicted molar refractivity (Wildman–Crippen MR) is 97.4 cm³/mol. The number of hydrogen-bond donors (Lipinski definition) is 1. The maximum Gasteiger partial charge on any atom is 0.128 e. The van der Waals surface area contributed by atoms with Crippen molar-refractivity contribution in [2.45, 2.75) is 12.5 Å². The highest BCUT2D eigenvalue weighted by molar-refractivity contribution is 7.07. The van der Waals surface area contributed by atoms with Crippen LogP contribution >= 0.6 is 23.7 Å². The molecule has 1 N–H and O–H groups in total. The van der Waals surface area contributed by atoms with Gasteiger partial charge < -0.3 is 10.1 Å². The molecule has 1 aromatic heterocycles. The maximum atomic E-state index is 6.34. The molecule has 0 bridgehead atoms. The third-order valence-electron chi connectivity index (χ3n) is 3.59. The lowest BCUT2D eigenvalue weighted by molar-refractivity contribution is 0.198. The zero-order valence-electron chi connectivity index (χ0n) is 12.5. The Morgan fingerprint density at radius 1 is 1.09 bits per heavy atom. The molecule has 0 unspecified atom stereocenters. The molecule has 1 heterocycles. The third kappa shape index (κ3) is 3.80. The Morgan fingerprint density at radius 3 is 2.68 bits per heavy atom. The van der Waals surface area contributed by atoms with Gasteiger partial charge in [0.25, 0.3) is 0 Å². The van der Waals surface area contributed by atoms with Gasteiger partial charge in [0.1, 0.15) is 11.9 Å². The van der Waals surface area contributed by atoms with Gasteiger partial charge in [-0.2, -0.15) is 11.3 Å². The second kappa shape index (κ2) is 8.18. The maximum absolute atomic E-state index is 6.34. The number of hydrogen-bond acceptors (Lipinski definition) is 3. The minimum Gasteiger partial charge on any atom is -0.485 e. The zero-order chi connectivity index (χ0) is 14.5. The summed E-state index contributed by atoms with van der Waals surface area (Å²) in [6.45, 7) is 0.936. The van der Waals surface area contributed by atoms with E-state index in [1.807, 2.05) is 7.05 Å². The van der Waals surface area contributed by atoms with Crippen molar-refractivity contribution in [3.8, 4) is 5.75 Å². The number of rotatable bonds is 6. The molecule has 22 heavy (non-hydrogen) atoms. The molecule has 2 aromatic carbocycles. The average Bonchev–Trinajstić information content (AvgIpc) is 3.06. The van der Waals surface area contributed by atoms with E-state index >= 15 is 0 Å². The van der Waals surface area contributed by atoms with Crippen LogP contribution in [0.15, 0.2) is 59.3 Å². The van der Waals surface area contributed by atoms with Crippen LogP contribution in [0.4, 0.5) is 0 Å². The van der Waals surface area contributed by atoms with Gasteiger partial charge in [0.15, 0.2) is 0 Å². The molecule has 3 rings (SSSR count). The van der Waals surface area contributed by atoms with E-state index in [1.165, 1.54) is 16.3 Å². The molecule has 0 radical (unpaired) electrons. The first kappa shape index (κ1) is 16.8. The van der Waals surface area contributed by atoms with Crippen molar-refractivity contribution in [3.63, 3.8) is 0 Å². The van der Waals surface area contributed by atoms with Crippen molar-refractivity contribution < 1.29 is 4.74 Å². The molecule has 4 heteroatoms. The number of halogens is 1. The fraction of sp³-hybridized carbons (Fsp3) is 0.222. The lowest BCUT2D eigenvalue weighted by Gasteiger charge is -2.19. The molecule has 0 fully saturated rings. The van der Waals surface area contributed by atoms with Crippen molar-refractivity contribution in [2.24, 2.45) is 0 Å². The van der Waals surface area contributed by atoms with E-state index in [0.717, 1.165) is 18.7 Å². The summed E-state index contributed by atoms with van der Waals surface area (Å²) in [5.74, 6) is 0.959. The van der Waals surface area contributed by atoms with E-state index in [0.29, 0.717) is 0 Å². The number of thiophene rings is 1. The summed E-state index contributed by atoms with van der Waals surface area (Å²) in [5, 5.41) is 9.87. The lowest BCUT2D eigenvalue weighted by Crippen LogP contribution is -2.16. The minimum atomic E-state index is 0. The Bertz CT molecular complexity index is 694. The van der Waals surface area contributed by atoms with Gasteiger partial charge in [0, 0.05) is 17.4 Å². The van der Waals surface area contributed by atoms with Crippen LogP contribution in [0.2, 0.25) is 0 Å². The molecule has 3 aromatic rings. The summed E-state index contributed by atoms with van der Waals surface area (Å²) in [6.07, 6.45) is 1.05. The Hall–Kier alpha value is -1.55. The van der Waals surface area contributed by atoms with E-state index in [1.54, 1.807) is 11.3 Å². The standard InChI is InChI=1S/C18H19NOS.ClH/c1-19-11-9-17(15-10-12-21-13-15)20-18-8-4-6-14-5-2-3-7-16(14)18;/h2-8,10,12-13,17,19H,9,11H2,1H3;1H/t17-;/m0./s1. The van der Waals surface area contributed by atoms with Crippen molar-refractivity contribution in [2.75, 3.05) is 13.6 Å². The van der Waals surface area contributed by atoms with Crippen LogP contribution in [-0.2, 0) is 0 Å². The number of nitrogens with one attached hydrogen (secondary N) is 1. The summed E-state index contributed by atoms with van der Waals surface area (Å²) >= 11 is 1.72. The highest BCUT2D eigenvalue weighted by Gasteiger charge is 2.14. The summed E-state index contributed by atoms with van der Waals surface area (Å²) in [6, 6.07) is 16.7. The molecule has 2 nitrogen and oxygen atoms in total. The van der Waals surface area contributed by atoms with E-state index < -0.39 is 0 Å². The average molecular weight is 334 g/mol. The summed E-state index contributed by atoms with van der Waals surface area (Å²) in [4.78, 5) is 0. The van der Waals surface area contributed by atoms with E-state index in [4.69, 9.17) is 4.74 Å². The molecular weight excluding hydrogens is 314 g/mol. The van der Waals surface area contributed by atoms with Crippen LogP contribution in [-0.4, -0.2) is 13.6 Å². The minimum absolute atomic E-state index is 0. The molecule has 0 saturated heterocycles. The highest BCUT2D eigenvalue weighted by atomic mass is 35.5.